The van der Waals surface area contributed by atoms with E-state index in [1.54, 1.807) is 6.07 Å². The summed E-state index contributed by atoms with van der Waals surface area (Å²) in [7, 11) is 0. The van der Waals surface area contributed by atoms with Crippen molar-refractivity contribution in [1.29, 1.82) is 5.26 Å². The average molecular weight is 141 g/mol. The van der Waals surface area contributed by atoms with E-state index >= 15 is 0 Å². The summed E-state index contributed by atoms with van der Waals surface area (Å²) in [4.78, 5) is 8.89. The van der Waals surface area contributed by atoms with Gasteiger partial charge in [-0.05, 0) is 6.92 Å². The summed E-state index contributed by atoms with van der Waals surface area (Å²) >= 11 is 0. The van der Waals surface area contributed by atoms with Gasteiger partial charge < -0.3 is 15.4 Å². The average Bonchev–Trinajstić information content (AvgIpc) is 1.33. The van der Waals surface area contributed by atoms with Crippen LogP contribution in [0.1, 0.15) is 13.8 Å². The molecule has 0 fully saturated rings. The van der Waals surface area contributed by atoms with Crippen molar-refractivity contribution in [2.24, 2.45) is 0 Å². The zero-order valence-corrected chi connectivity index (χ0v) is 7.76. The Morgan fingerprint density at radius 2 is 1.67 bits per heavy atom. The van der Waals surface area contributed by atoms with E-state index in [0.29, 0.717) is 0 Å². The molecular formula is C4H8NNaO3. The standard InChI is InChI=1S/C2H3N.C2H4O2.Na.H2O/c1-2-3;1-2(3)4;;/h1H3;1H3,(H,3,4);;1H2/q;;+1;/p-1. The third kappa shape index (κ3) is 43400. The van der Waals surface area contributed by atoms with Crippen molar-refractivity contribution in [1.82, 2.24) is 0 Å². The first kappa shape index (κ1) is 23.1. The van der Waals surface area contributed by atoms with Crippen LogP contribution in [0.5, 0.6) is 0 Å². The molecule has 0 atom stereocenters. The molecule has 0 aromatic rings. The first-order valence-corrected chi connectivity index (χ1v) is 1.63. The van der Waals surface area contributed by atoms with Gasteiger partial charge in [-0.1, -0.05) is 0 Å². The number of carbonyl (C=O) groups is 1. The minimum absolute atomic E-state index is 0. The van der Waals surface area contributed by atoms with Crippen molar-refractivity contribution in [2.75, 3.05) is 0 Å². The van der Waals surface area contributed by atoms with Gasteiger partial charge in [-0.2, -0.15) is 5.26 Å². The van der Waals surface area contributed by atoms with Gasteiger partial charge in [0.05, 0.1) is 6.07 Å². The van der Waals surface area contributed by atoms with E-state index in [0.717, 1.165) is 6.92 Å². The number of aliphatic carboxylic acids is 1. The number of carboxylic acids is 1. The summed E-state index contributed by atoms with van der Waals surface area (Å²) in [5, 5.41) is 16.2. The van der Waals surface area contributed by atoms with Crippen molar-refractivity contribution in [3.05, 3.63) is 0 Å². The first-order chi connectivity index (χ1) is 3.15. The molecule has 0 aromatic heterocycles. The fraction of sp³-hybridized carbons (Fsp3) is 0.500. The van der Waals surface area contributed by atoms with Crippen LogP contribution in [0.25, 0.3) is 0 Å². The predicted molar refractivity (Wildman–Crippen MR) is 25.6 cm³/mol. The molecule has 0 radical (unpaired) electrons. The zero-order chi connectivity index (χ0) is 6.28. The van der Waals surface area contributed by atoms with Crippen LogP contribution in [0.15, 0.2) is 0 Å². The fourth-order valence-electron chi connectivity index (χ4n) is 0. The maximum atomic E-state index is 8.89. The van der Waals surface area contributed by atoms with E-state index in [4.69, 9.17) is 15.2 Å². The Balaban J connectivity index is -0.0000000233. The molecule has 9 heavy (non-hydrogen) atoms. The number of nitriles is 1. The summed E-state index contributed by atoms with van der Waals surface area (Å²) in [5.41, 5.74) is 0. The first-order valence-electron chi connectivity index (χ1n) is 1.63. The van der Waals surface area contributed by atoms with Crippen molar-refractivity contribution < 1.29 is 44.9 Å². The van der Waals surface area contributed by atoms with Crippen LogP contribution in [-0.2, 0) is 4.79 Å². The zero-order valence-electron chi connectivity index (χ0n) is 5.76. The predicted octanol–water partition coefficient (Wildman–Crippen LogP) is -4.53. The molecule has 0 aliphatic carbocycles. The second-order valence-electron chi connectivity index (χ2n) is 0.715. The molecule has 0 rings (SSSR count). The minimum Gasteiger partial charge on any atom is -0.550 e. The summed E-state index contributed by atoms with van der Waals surface area (Å²) in [6.45, 7) is 2.40. The van der Waals surface area contributed by atoms with Crippen LogP contribution >= 0.6 is 0 Å². The van der Waals surface area contributed by atoms with Crippen LogP contribution in [0.2, 0.25) is 0 Å². The second kappa shape index (κ2) is 24.7. The third-order valence-electron chi connectivity index (χ3n) is 0. The smallest absolute Gasteiger partial charge is 0.550 e. The Kier molecular flexibility index (Phi) is 63.4. The molecule has 0 aliphatic rings. The molecule has 0 saturated carbocycles. The van der Waals surface area contributed by atoms with Gasteiger partial charge in [-0.25, -0.2) is 0 Å². The van der Waals surface area contributed by atoms with Crippen LogP contribution < -0.4 is 34.7 Å². The maximum Gasteiger partial charge on any atom is 1.00 e. The Hall–Kier alpha value is -0.0800. The molecule has 2 N–H and O–H groups in total. The van der Waals surface area contributed by atoms with Gasteiger partial charge in [0.25, 0.3) is 0 Å². The third-order valence-corrected chi connectivity index (χ3v) is 0. The fourth-order valence-corrected chi connectivity index (χ4v) is 0. The minimum atomic E-state index is -1.08. The van der Waals surface area contributed by atoms with Gasteiger partial charge in [0.15, 0.2) is 0 Å². The van der Waals surface area contributed by atoms with Crippen molar-refractivity contribution >= 4 is 5.97 Å². The van der Waals surface area contributed by atoms with E-state index < -0.39 is 5.97 Å². The van der Waals surface area contributed by atoms with Gasteiger partial charge in [0, 0.05) is 12.9 Å². The Morgan fingerprint density at radius 3 is 1.67 bits per heavy atom. The molecule has 0 bridgehead atoms. The molecule has 5 heteroatoms. The quantitative estimate of drug-likeness (QED) is 0.318. The van der Waals surface area contributed by atoms with Crippen molar-refractivity contribution in [2.45, 2.75) is 13.8 Å². The van der Waals surface area contributed by atoms with Crippen LogP contribution in [-0.4, -0.2) is 11.4 Å². The summed E-state index contributed by atoms with van der Waals surface area (Å²) in [6.07, 6.45) is 0. The largest absolute Gasteiger partial charge is 1.00 e. The van der Waals surface area contributed by atoms with Crippen LogP contribution in [0, 0.1) is 11.3 Å². The normalized spacial score (nSPS) is 3.67. The second-order valence-corrected chi connectivity index (χ2v) is 0.715. The van der Waals surface area contributed by atoms with Gasteiger partial charge in [-0.3, -0.25) is 0 Å². The molecule has 0 aliphatic heterocycles. The Morgan fingerprint density at radius 1 is 1.67 bits per heavy atom. The summed E-state index contributed by atoms with van der Waals surface area (Å²) in [5.74, 6) is -1.08. The van der Waals surface area contributed by atoms with E-state index in [2.05, 4.69) is 0 Å². The van der Waals surface area contributed by atoms with E-state index in [1.165, 1.54) is 6.92 Å². The molecule has 0 aromatic carbocycles. The maximum absolute atomic E-state index is 8.89. The molecule has 0 spiro atoms. The van der Waals surface area contributed by atoms with Crippen molar-refractivity contribution in [3.63, 3.8) is 0 Å². The number of hydrogen-bond donors (Lipinski definition) is 0. The topological polar surface area (TPSA) is 95.4 Å². The van der Waals surface area contributed by atoms with Crippen LogP contribution in [0.3, 0.4) is 0 Å². The SMILES string of the molecule is CC#N.CC(=O)[O-].O.[Na+]. The number of nitrogens with zero attached hydrogens (tertiary/aromatic N) is 1. The number of carboxylic acid groups (broad SMARTS) is 1. The molecule has 0 heterocycles. The summed E-state index contributed by atoms with van der Waals surface area (Å²) in [6, 6.07) is 1.75. The van der Waals surface area contributed by atoms with Crippen molar-refractivity contribution in [3.8, 4) is 6.07 Å². The number of rotatable bonds is 0. The van der Waals surface area contributed by atoms with Gasteiger partial charge in [0.2, 0.25) is 0 Å². The monoisotopic (exact) mass is 141 g/mol. The molecule has 0 amide bonds. The van der Waals surface area contributed by atoms with Gasteiger partial charge in [0.1, 0.15) is 0 Å². The van der Waals surface area contributed by atoms with Gasteiger partial charge >= 0.3 is 29.6 Å². The number of carbonyl (C=O) groups excluding carboxylic acids is 1. The number of hydrogen-bond acceptors (Lipinski definition) is 3. The molecule has 4 nitrogen and oxygen atoms in total. The van der Waals surface area contributed by atoms with E-state index in [-0.39, 0.29) is 35.0 Å². The molecule has 0 saturated heterocycles. The van der Waals surface area contributed by atoms with Crippen LogP contribution in [0.4, 0.5) is 0 Å². The van der Waals surface area contributed by atoms with E-state index in [1.807, 2.05) is 0 Å². The van der Waals surface area contributed by atoms with Gasteiger partial charge in [-0.15, -0.1) is 0 Å². The Labute approximate surface area is 76.1 Å². The molecular weight excluding hydrogens is 133 g/mol. The molecule has 48 valence electrons. The molecule has 0 unspecified atom stereocenters. The van der Waals surface area contributed by atoms with E-state index in [9.17, 15) is 0 Å². The Bertz CT molecular complexity index is 84.3. The summed E-state index contributed by atoms with van der Waals surface area (Å²) < 4.78 is 0.